The van der Waals surface area contributed by atoms with Gasteiger partial charge < -0.3 is 5.32 Å². The molecule has 0 saturated carbocycles. The lowest BCUT2D eigenvalue weighted by Crippen LogP contribution is -2.27. The molecule has 0 aliphatic heterocycles. The first-order valence-electron chi connectivity index (χ1n) is 6.46. The van der Waals surface area contributed by atoms with Crippen molar-refractivity contribution >= 4 is 5.91 Å². The number of aromatic nitrogens is 1. The third kappa shape index (κ3) is 4.54. The highest BCUT2D eigenvalue weighted by Gasteiger charge is 2.02. The zero-order valence-electron chi connectivity index (χ0n) is 11.1. The molecule has 98 valence electrons. The molecule has 0 aliphatic rings. The minimum Gasteiger partial charge on any atom is -0.355 e. The normalized spacial score (nSPS) is 10.2. The molecule has 0 fully saturated rings. The number of nitrogens with one attached hydrogen (secondary N) is 1. The van der Waals surface area contributed by atoms with Gasteiger partial charge >= 0.3 is 0 Å². The van der Waals surface area contributed by atoms with Gasteiger partial charge in [0, 0.05) is 24.9 Å². The van der Waals surface area contributed by atoms with Crippen LogP contribution in [0.25, 0.3) is 0 Å². The Kier molecular flexibility index (Phi) is 4.67. The van der Waals surface area contributed by atoms with Gasteiger partial charge in [0.05, 0.1) is 6.42 Å². The molecule has 1 N–H and O–H groups in total. The van der Waals surface area contributed by atoms with E-state index in [1.54, 1.807) is 6.20 Å². The van der Waals surface area contributed by atoms with Gasteiger partial charge in [-0.2, -0.15) is 0 Å². The molecule has 1 aromatic heterocycles. The summed E-state index contributed by atoms with van der Waals surface area (Å²) in [5, 5.41) is 2.92. The van der Waals surface area contributed by atoms with Crippen LogP contribution in [0.4, 0.5) is 0 Å². The highest BCUT2D eigenvalue weighted by Crippen LogP contribution is 2.03. The number of rotatable bonds is 5. The van der Waals surface area contributed by atoms with Gasteiger partial charge in [0.15, 0.2) is 0 Å². The van der Waals surface area contributed by atoms with E-state index in [0.717, 1.165) is 17.7 Å². The van der Waals surface area contributed by atoms with Gasteiger partial charge in [0.1, 0.15) is 0 Å². The maximum absolute atomic E-state index is 11.8. The van der Waals surface area contributed by atoms with Crippen molar-refractivity contribution < 1.29 is 4.79 Å². The quantitative estimate of drug-likeness (QED) is 0.889. The first-order valence-corrected chi connectivity index (χ1v) is 6.46. The molecule has 0 aliphatic carbocycles. The van der Waals surface area contributed by atoms with E-state index in [9.17, 15) is 4.79 Å². The number of aryl methyl sites for hydroxylation is 1. The third-order valence-corrected chi connectivity index (χ3v) is 2.91. The van der Waals surface area contributed by atoms with Gasteiger partial charge in [-0.05, 0) is 24.6 Å². The molecule has 1 heterocycles. The summed E-state index contributed by atoms with van der Waals surface area (Å²) in [5.41, 5.74) is 3.25. The smallest absolute Gasteiger partial charge is 0.224 e. The molecule has 0 saturated heterocycles. The van der Waals surface area contributed by atoms with Crippen LogP contribution in [0.3, 0.4) is 0 Å². The molecule has 0 spiro atoms. The SMILES string of the molecule is Cc1ccc(CC(=O)NCCc2ccccn2)cc1. The van der Waals surface area contributed by atoms with Crippen LogP contribution in [0.5, 0.6) is 0 Å². The lowest BCUT2D eigenvalue weighted by atomic mass is 10.1. The minimum atomic E-state index is 0.0554. The summed E-state index contributed by atoms with van der Waals surface area (Å²) in [6, 6.07) is 13.8. The molecule has 0 radical (unpaired) electrons. The highest BCUT2D eigenvalue weighted by atomic mass is 16.1. The number of carbonyl (C=O) groups excluding carboxylic acids is 1. The summed E-state index contributed by atoms with van der Waals surface area (Å²) in [7, 11) is 0. The Bertz CT molecular complexity index is 520. The minimum absolute atomic E-state index is 0.0554. The van der Waals surface area contributed by atoms with E-state index in [0.29, 0.717) is 13.0 Å². The first-order chi connectivity index (χ1) is 9.24. The molecule has 1 amide bonds. The third-order valence-electron chi connectivity index (χ3n) is 2.91. The number of benzene rings is 1. The van der Waals surface area contributed by atoms with Crippen molar-refractivity contribution in [2.45, 2.75) is 19.8 Å². The van der Waals surface area contributed by atoms with Crippen molar-refractivity contribution in [2.24, 2.45) is 0 Å². The van der Waals surface area contributed by atoms with E-state index in [2.05, 4.69) is 10.3 Å². The zero-order chi connectivity index (χ0) is 13.5. The summed E-state index contributed by atoms with van der Waals surface area (Å²) in [6.07, 6.45) is 2.96. The molecule has 2 rings (SSSR count). The van der Waals surface area contributed by atoms with Crippen LogP contribution >= 0.6 is 0 Å². The Morgan fingerprint density at radius 1 is 1.16 bits per heavy atom. The summed E-state index contributed by atoms with van der Waals surface area (Å²) < 4.78 is 0. The molecule has 19 heavy (non-hydrogen) atoms. The van der Waals surface area contributed by atoms with Gasteiger partial charge in [-0.1, -0.05) is 35.9 Å². The van der Waals surface area contributed by atoms with Gasteiger partial charge in [0.25, 0.3) is 0 Å². The number of carbonyl (C=O) groups is 1. The fraction of sp³-hybridized carbons (Fsp3) is 0.250. The van der Waals surface area contributed by atoms with E-state index in [1.807, 2.05) is 49.4 Å². The van der Waals surface area contributed by atoms with Gasteiger partial charge in [0.2, 0.25) is 5.91 Å². The summed E-state index contributed by atoms with van der Waals surface area (Å²) >= 11 is 0. The van der Waals surface area contributed by atoms with E-state index in [-0.39, 0.29) is 5.91 Å². The Hall–Kier alpha value is -2.16. The molecule has 0 bridgehead atoms. The lowest BCUT2D eigenvalue weighted by Gasteiger charge is -2.05. The zero-order valence-corrected chi connectivity index (χ0v) is 11.1. The molecule has 2 aromatic rings. The average Bonchev–Trinajstić information content (AvgIpc) is 2.43. The van der Waals surface area contributed by atoms with Gasteiger partial charge in [-0.15, -0.1) is 0 Å². The van der Waals surface area contributed by atoms with Crippen molar-refractivity contribution in [3.63, 3.8) is 0 Å². The Balaban J connectivity index is 1.74. The van der Waals surface area contributed by atoms with Crippen LogP contribution in [0.1, 0.15) is 16.8 Å². The molecule has 0 unspecified atom stereocenters. The maximum Gasteiger partial charge on any atom is 0.224 e. The van der Waals surface area contributed by atoms with E-state index in [1.165, 1.54) is 5.56 Å². The van der Waals surface area contributed by atoms with Crippen molar-refractivity contribution in [3.05, 3.63) is 65.5 Å². The van der Waals surface area contributed by atoms with Crippen LogP contribution in [0, 0.1) is 6.92 Å². The summed E-state index contributed by atoms with van der Waals surface area (Å²) in [4.78, 5) is 16.0. The topological polar surface area (TPSA) is 42.0 Å². The average molecular weight is 254 g/mol. The molecule has 1 aromatic carbocycles. The maximum atomic E-state index is 11.8. The van der Waals surface area contributed by atoms with Crippen molar-refractivity contribution in [1.29, 1.82) is 0 Å². The number of amides is 1. The van der Waals surface area contributed by atoms with Crippen LogP contribution in [-0.2, 0) is 17.6 Å². The van der Waals surface area contributed by atoms with E-state index in [4.69, 9.17) is 0 Å². The lowest BCUT2D eigenvalue weighted by molar-refractivity contribution is -0.120. The Labute approximate surface area is 113 Å². The van der Waals surface area contributed by atoms with Crippen molar-refractivity contribution in [1.82, 2.24) is 10.3 Å². The van der Waals surface area contributed by atoms with Crippen molar-refractivity contribution in [3.8, 4) is 0 Å². The first kappa shape index (κ1) is 13.3. The Morgan fingerprint density at radius 2 is 1.95 bits per heavy atom. The molecule has 3 heteroatoms. The van der Waals surface area contributed by atoms with Crippen LogP contribution in [0.2, 0.25) is 0 Å². The van der Waals surface area contributed by atoms with Crippen LogP contribution in [-0.4, -0.2) is 17.4 Å². The number of pyridine rings is 1. The van der Waals surface area contributed by atoms with Crippen LogP contribution in [0.15, 0.2) is 48.7 Å². The molecular weight excluding hydrogens is 236 g/mol. The second-order valence-electron chi connectivity index (χ2n) is 4.58. The highest BCUT2D eigenvalue weighted by molar-refractivity contribution is 5.78. The fourth-order valence-electron chi connectivity index (χ4n) is 1.83. The van der Waals surface area contributed by atoms with Crippen molar-refractivity contribution in [2.75, 3.05) is 6.54 Å². The van der Waals surface area contributed by atoms with Gasteiger partial charge in [-0.25, -0.2) is 0 Å². The van der Waals surface area contributed by atoms with Crippen LogP contribution < -0.4 is 5.32 Å². The molecule has 3 nitrogen and oxygen atoms in total. The second kappa shape index (κ2) is 6.69. The second-order valence-corrected chi connectivity index (χ2v) is 4.58. The fourth-order valence-corrected chi connectivity index (χ4v) is 1.83. The van der Waals surface area contributed by atoms with Gasteiger partial charge in [-0.3, -0.25) is 9.78 Å². The molecule has 0 atom stereocenters. The predicted octanol–water partition coefficient (Wildman–Crippen LogP) is 2.29. The largest absolute Gasteiger partial charge is 0.355 e. The van der Waals surface area contributed by atoms with E-state index < -0.39 is 0 Å². The summed E-state index contributed by atoms with van der Waals surface area (Å²) in [5.74, 6) is 0.0554. The molecular formula is C16H18N2O. The monoisotopic (exact) mass is 254 g/mol. The number of hydrogen-bond donors (Lipinski definition) is 1. The predicted molar refractivity (Wildman–Crippen MR) is 75.8 cm³/mol. The summed E-state index contributed by atoms with van der Waals surface area (Å²) in [6.45, 7) is 2.67. The standard InChI is InChI=1S/C16H18N2O/c1-13-5-7-14(8-6-13)12-16(19)18-11-9-15-4-2-3-10-17-15/h2-8,10H,9,11-12H2,1H3,(H,18,19). The van der Waals surface area contributed by atoms with E-state index >= 15 is 0 Å². The number of hydrogen-bond acceptors (Lipinski definition) is 2. The Morgan fingerprint density at radius 3 is 2.63 bits per heavy atom. The number of nitrogens with zero attached hydrogens (tertiary/aromatic N) is 1.